The number of benzene rings is 2. The Labute approximate surface area is 134 Å². The van der Waals surface area contributed by atoms with Crippen LogP contribution in [0, 0.1) is 13.8 Å². The lowest BCUT2D eigenvalue weighted by Gasteiger charge is -2.11. The summed E-state index contributed by atoms with van der Waals surface area (Å²) in [6, 6.07) is 11.1. The Kier molecular flexibility index (Phi) is 5.10. The summed E-state index contributed by atoms with van der Waals surface area (Å²) < 4.78 is 0. The van der Waals surface area contributed by atoms with Gasteiger partial charge in [-0.1, -0.05) is 35.3 Å². The average molecular weight is 323 g/mol. The van der Waals surface area contributed by atoms with E-state index in [2.05, 4.69) is 16.7 Å². The molecule has 0 spiro atoms. The quantitative estimate of drug-likeness (QED) is 0.859. The minimum atomic E-state index is -0.156. The molecule has 0 aliphatic carbocycles. The third-order valence-corrected chi connectivity index (χ3v) is 3.52. The van der Waals surface area contributed by atoms with E-state index in [1.165, 1.54) is 0 Å². The van der Waals surface area contributed by atoms with Crippen molar-refractivity contribution in [3.63, 3.8) is 0 Å². The molecule has 0 atom stereocenters. The molecule has 0 heterocycles. The van der Waals surface area contributed by atoms with E-state index < -0.39 is 0 Å². The number of rotatable bonds is 4. The zero-order chi connectivity index (χ0) is 15.4. The van der Waals surface area contributed by atoms with Crippen molar-refractivity contribution in [2.24, 2.45) is 0 Å². The van der Waals surface area contributed by atoms with E-state index in [1.807, 2.05) is 26.0 Å². The van der Waals surface area contributed by atoms with Crippen molar-refractivity contribution in [1.29, 1.82) is 0 Å². The lowest BCUT2D eigenvalue weighted by Crippen LogP contribution is -2.22. The third-order valence-electron chi connectivity index (χ3n) is 2.89. The first-order valence-corrected chi connectivity index (χ1v) is 7.27. The number of anilines is 2. The van der Waals surface area contributed by atoms with Crippen LogP contribution in [0.2, 0.25) is 10.0 Å². The molecule has 5 heteroatoms. The van der Waals surface area contributed by atoms with Crippen LogP contribution in [-0.4, -0.2) is 12.5 Å². The van der Waals surface area contributed by atoms with Crippen molar-refractivity contribution in [2.45, 2.75) is 13.8 Å². The number of hydrogen-bond donors (Lipinski definition) is 2. The first-order chi connectivity index (χ1) is 9.95. The molecule has 0 aliphatic heterocycles. The summed E-state index contributed by atoms with van der Waals surface area (Å²) in [6.45, 7) is 4.07. The molecule has 3 nitrogen and oxygen atoms in total. The van der Waals surface area contributed by atoms with Gasteiger partial charge in [-0.3, -0.25) is 4.79 Å². The second-order valence-electron chi connectivity index (χ2n) is 4.87. The molecule has 0 aliphatic rings. The molecule has 0 bridgehead atoms. The van der Waals surface area contributed by atoms with Crippen LogP contribution < -0.4 is 10.6 Å². The maximum absolute atomic E-state index is 12.0. The third kappa shape index (κ3) is 4.38. The molecule has 2 aromatic carbocycles. The van der Waals surface area contributed by atoms with Crippen LogP contribution >= 0.6 is 23.2 Å². The Morgan fingerprint density at radius 2 is 1.62 bits per heavy atom. The van der Waals surface area contributed by atoms with Gasteiger partial charge in [-0.15, -0.1) is 0 Å². The van der Waals surface area contributed by atoms with Gasteiger partial charge >= 0.3 is 0 Å². The van der Waals surface area contributed by atoms with E-state index in [9.17, 15) is 4.79 Å². The molecule has 0 fully saturated rings. The van der Waals surface area contributed by atoms with E-state index in [0.717, 1.165) is 16.8 Å². The van der Waals surface area contributed by atoms with Crippen LogP contribution in [0.25, 0.3) is 0 Å². The van der Waals surface area contributed by atoms with Gasteiger partial charge in [0.1, 0.15) is 0 Å². The molecule has 21 heavy (non-hydrogen) atoms. The van der Waals surface area contributed by atoms with E-state index in [1.54, 1.807) is 18.2 Å². The summed E-state index contributed by atoms with van der Waals surface area (Å²) in [6.07, 6.45) is 0. The Balaban J connectivity index is 1.99. The number of para-hydroxylation sites is 1. The van der Waals surface area contributed by atoms with Gasteiger partial charge in [0, 0.05) is 5.69 Å². The Hall–Kier alpha value is -1.71. The largest absolute Gasteiger partial charge is 0.374 e. The van der Waals surface area contributed by atoms with Crippen LogP contribution in [0.5, 0.6) is 0 Å². The van der Waals surface area contributed by atoms with Crippen molar-refractivity contribution < 1.29 is 4.79 Å². The molecule has 0 saturated carbocycles. The lowest BCUT2D eigenvalue weighted by molar-refractivity contribution is -0.114. The zero-order valence-electron chi connectivity index (χ0n) is 11.8. The lowest BCUT2D eigenvalue weighted by atomic mass is 10.1. The van der Waals surface area contributed by atoms with Gasteiger partial charge in [-0.05, 0) is 49.2 Å². The number of nitrogens with one attached hydrogen (secondary N) is 2. The van der Waals surface area contributed by atoms with Gasteiger partial charge in [-0.25, -0.2) is 0 Å². The zero-order valence-corrected chi connectivity index (χ0v) is 13.3. The molecule has 1 amide bonds. The summed E-state index contributed by atoms with van der Waals surface area (Å²) in [7, 11) is 0. The standard InChI is InChI=1S/C16H16Cl2N2O/c1-10-6-11(2)8-12(7-10)20-15(21)9-19-16-13(17)4-3-5-14(16)18/h3-8,19H,9H2,1-2H3,(H,20,21). The highest BCUT2D eigenvalue weighted by molar-refractivity contribution is 6.39. The molecule has 2 aromatic rings. The fourth-order valence-corrected chi connectivity index (χ4v) is 2.62. The van der Waals surface area contributed by atoms with Crippen molar-refractivity contribution in [3.8, 4) is 0 Å². The van der Waals surface area contributed by atoms with Crippen LogP contribution in [0.3, 0.4) is 0 Å². The molecule has 2 N–H and O–H groups in total. The highest BCUT2D eigenvalue weighted by Crippen LogP contribution is 2.29. The molecule has 0 aromatic heterocycles. The molecule has 0 saturated heterocycles. The summed E-state index contributed by atoms with van der Waals surface area (Å²) >= 11 is 12.1. The van der Waals surface area contributed by atoms with Crippen molar-refractivity contribution in [1.82, 2.24) is 0 Å². The highest BCUT2D eigenvalue weighted by atomic mass is 35.5. The summed E-state index contributed by atoms with van der Waals surface area (Å²) in [4.78, 5) is 12.0. The van der Waals surface area contributed by atoms with Crippen LogP contribution in [0.4, 0.5) is 11.4 Å². The van der Waals surface area contributed by atoms with Gasteiger partial charge in [0.25, 0.3) is 0 Å². The number of amides is 1. The summed E-state index contributed by atoms with van der Waals surface area (Å²) in [5, 5.41) is 6.78. The molecular formula is C16H16Cl2N2O. The topological polar surface area (TPSA) is 41.1 Å². The molecular weight excluding hydrogens is 307 g/mol. The monoisotopic (exact) mass is 322 g/mol. The first-order valence-electron chi connectivity index (χ1n) is 6.52. The minimum absolute atomic E-state index is 0.0937. The Morgan fingerprint density at radius 1 is 1.05 bits per heavy atom. The molecule has 0 unspecified atom stereocenters. The number of halogens is 2. The summed E-state index contributed by atoms with van der Waals surface area (Å²) in [5.41, 5.74) is 3.56. The summed E-state index contributed by atoms with van der Waals surface area (Å²) in [5.74, 6) is -0.156. The SMILES string of the molecule is Cc1cc(C)cc(NC(=O)CNc2c(Cl)cccc2Cl)c1. The number of carbonyl (C=O) groups excluding carboxylic acids is 1. The normalized spacial score (nSPS) is 10.3. The maximum Gasteiger partial charge on any atom is 0.243 e. The van der Waals surface area contributed by atoms with E-state index in [0.29, 0.717) is 15.7 Å². The maximum atomic E-state index is 12.0. The van der Waals surface area contributed by atoms with Gasteiger partial charge in [0.2, 0.25) is 5.91 Å². The van der Waals surface area contributed by atoms with Gasteiger partial charge < -0.3 is 10.6 Å². The van der Waals surface area contributed by atoms with Crippen molar-refractivity contribution in [2.75, 3.05) is 17.2 Å². The van der Waals surface area contributed by atoms with E-state index in [-0.39, 0.29) is 12.5 Å². The van der Waals surface area contributed by atoms with Crippen LogP contribution in [-0.2, 0) is 4.79 Å². The number of hydrogen-bond acceptors (Lipinski definition) is 2. The second kappa shape index (κ2) is 6.83. The van der Waals surface area contributed by atoms with Gasteiger partial charge in [0.05, 0.1) is 22.3 Å². The van der Waals surface area contributed by atoms with Crippen molar-refractivity contribution >= 4 is 40.5 Å². The Morgan fingerprint density at radius 3 is 2.19 bits per heavy atom. The van der Waals surface area contributed by atoms with Crippen molar-refractivity contribution in [3.05, 3.63) is 57.6 Å². The minimum Gasteiger partial charge on any atom is -0.374 e. The fourth-order valence-electron chi connectivity index (χ4n) is 2.09. The number of aryl methyl sites for hydroxylation is 2. The van der Waals surface area contributed by atoms with E-state index in [4.69, 9.17) is 23.2 Å². The smallest absolute Gasteiger partial charge is 0.243 e. The second-order valence-corrected chi connectivity index (χ2v) is 5.69. The highest BCUT2D eigenvalue weighted by Gasteiger charge is 2.08. The van der Waals surface area contributed by atoms with Gasteiger partial charge in [0.15, 0.2) is 0 Å². The van der Waals surface area contributed by atoms with E-state index >= 15 is 0 Å². The average Bonchev–Trinajstić information content (AvgIpc) is 2.36. The number of carbonyl (C=O) groups is 1. The Bertz CT molecular complexity index is 631. The van der Waals surface area contributed by atoms with Crippen LogP contribution in [0.15, 0.2) is 36.4 Å². The molecule has 110 valence electrons. The van der Waals surface area contributed by atoms with Crippen LogP contribution in [0.1, 0.15) is 11.1 Å². The fraction of sp³-hybridized carbons (Fsp3) is 0.188. The first kappa shape index (κ1) is 15.7. The molecule has 0 radical (unpaired) electrons. The molecule has 2 rings (SSSR count). The predicted molar refractivity (Wildman–Crippen MR) is 89.5 cm³/mol. The predicted octanol–water partition coefficient (Wildman–Crippen LogP) is 4.66. The van der Waals surface area contributed by atoms with Gasteiger partial charge in [-0.2, -0.15) is 0 Å².